The molecule has 9 heteroatoms. The van der Waals surface area contributed by atoms with Crippen LogP contribution in [0.15, 0.2) is 53.9 Å². The van der Waals surface area contributed by atoms with Gasteiger partial charge in [0.25, 0.3) is 0 Å². The zero-order chi connectivity index (χ0) is 23.5. The molecule has 3 aliphatic rings. The van der Waals surface area contributed by atoms with Gasteiger partial charge in [-0.2, -0.15) is 5.10 Å². The summed E-state index contributed by atoms with van der Waals surface area (Å²) in [6.07, 6.45) is 7.95. The van der Waals surface area contributed by atoms with Gasteiger partial charge in [-0.05, 0) is 36.1 Å². The molecule has 2 aliphatic heterocycles. The van der Waals surface area contributed by atoms with Gasteiger partial charge in [-0.1, -0.05) is 48.7 Å². The number of nitrogens with one attached hydrogen (secondary N) is 2. The predicted molar refractivity (Wildman–Crippen MR) is 129 cm³/mol. The summed E-state index contributed by atoms with van der Waals surface area (Å²) in [5, 5.41) is 8.19. The molecule has 2 N–H and O–H groups in total. The lowest BCUT2D eigenvalue weighted by atomic mass is 9.80. The van der Waals surface area contributed by atoms with Crippen molar-refractivity contribution in [2.45, 2.75) is 63.9 Å². The second-order valence-electron chi connectivity index (χ2n) is 9.09. The molecule has 1 aliphatic carbocycles. The van der Waals surface area contributed by atoms with Crippen LogP contribution in [0.5, 0.6) is 0 Å². The Hall–Kier alpha value is -3.13. The molecule has 1 saturated heterocycles. The summed E-state index contributed by atoms with van der Waals surface area (Å²) in [6, 6.07) is 11.5. The SMILES string of the molecule is O=C(CCC1=NNC2N(Cc3ccccc3Cl)C(=O)C3CCCCC3N12)NCc1cccnc1. The molecule has 5 rings (SSSR count). The fraction of sp³-hybridized carbons (Fsp3) is 0.440. The molecule has 2 aromatic rings. The van der Waals surface area contributed by atoms with Crippen LogP contribution in [0.1, 0.15) is 49.7 Å². The van der Waals surface area contributed by atoms with Crippen molar-refractivity contribution in [3.8, 4) is 0 Å². The van der Waals surface area contributed by atoms with Gasteiger partial charge in [0.05, 0.1) is 12.5 Å². The Balaban J connectivity index is 1.28. The van der Waals surface area contributed by atoms with Crippen LogP contribution in [-0.4, -0.2) is 44.8 Å². The van der Waals surface area contributed by atoms with Gasteiger partial charge < -0.3 is 10.2 Å². The number of carbonyl (C=O) groups excluding carboxylic acids is 2. The number of pyridine rings is 1. The molecule has 2 amide bonds. The minimum Gasteiger partial charge on any atom is -0.352 e. The van der Waals surface area contributed by atoms with Gasteiger partial charge in [0.1, 0.15) is 5.84 Å². The van der Waals surface area contributed by atoms with E-state index in [1.54, 1.807) is 12.4 Å². The summed E-state index contributed by atoms with van der Waals surface area (Å²) in [4.78, 5) is 34.2. The van der Waals surface area contributed by atoms with E-state index < -0.39 is 0 Å². The first kappa shape index (κ1) is 22.7. The van der Waals surface area contributed by atoms with E-state index in [2.05, 4.69) is 25.7 Å². The van der Waals surface area contributed by atoms with Crippen molar-refractivity contribution in [1.82, 2.24) is 25.5 Å². The van der Waals surface area contributed by atoms with Gasteiger partial charge >= 0.3 is 0 Å². The Morgan fingerprint density at radius 3 is 2.85 bits per heavy atom. The summed E-state index contributed by atoms with van der Waals surface area (Å²) in [7, 11) is 0. The Morgan fingerprint density at radius 1 is 1.18 bits per heavy atom. The number of hydrazone groups is 1. The van der Waals surface area contributed by atoms with E-state index in [0.29, 0.717) is 31.0 Å². The molecule has 34 heavy (non-hydrogen) atoms. The monoisotopic (exact) mass is 480 g/mol. The lowest BCUT2D eigenvalue weighted by molar-refractivity contribution is -0.156. The van der Waals surface area contributed by atoms with E-state index in [0.717, 1.165) is 42.6 Å². The zero-order valence-corrected chi connectivity index (χ0v) is 19.7. The molecule has 1 saturated carbocycles. The second kappa shape index (κ2) is 10.0. The van der Waals surface area contributed by atoms with Gasteiger partial charge in [0.2, 0.25) is 11.8 Å². The van der Waals surface area contributed by atoms with Gasteiger partial charge in [0, 0.05) is 42.8 Å². The van der Waals surface area contributed by atoms with E-state index in [4.69, 9.17) is 11.6 Å². The highest BCUT2D eigenvalue weighted by Crippen LogP contribution is 2.38. The van der Waals surface area contributed by atoms with Gasteiger partial charge in [-0.15, -0.1) is 0 Å². The largest absolute Gasteiger partial charge is 0.352 e. The van der Waals surface area contributed by atoms with Crippen molar-refractivity contribution in [1.29, 1.82) is 0 Å². The van der Waals surface area contributed by atoms with Crippen LogP contribution in [0.2, 0.25) is 5.02 Å². The van der Waals surface area contributed by atoms with Gasteiger partial charge in [0.15, 0.2) is 6.29 Å². The maximum absolute atomic E-state index is 13.5. The third-order valence-corrected chi connectivity index (χ3v) is 7.31. The van der Waals surface area contributed by atoms with Crippen LogP contribution in [0, 0.1) is 5.92 Å². The number of amidine groups is 1. The van der Waals surface area contributed by atoms with E-state index in [1.807, 2.05) is 41.3 Å². The molecule has 0 spiro atoms. The molecule has 1 aromatic carbocycles. The van der Waals surface area contributed by atoms with Crippen LogP contribution < -0.4 is 10.7 Å². The van der Waals surface area contributed by atoms with Crippen LogP contribution in [0.3, 0.4) is 0 Å². The van der Waals surface area contributed by atoms with Crippen molar-refractivity contribution < 1.29 is 9.59 Å². The average Bonchev–Trinajstić information content (AvgIpc) is 3.30. The Kier molecular flexibility index (Phi) is 6.67. The Labute approximate surface area is 204 Å². The first-order valence-corrected chi connectivity index (χ1v) is 12.3. The van der Waals surface area contributed by atoms with E-state index in [-0.39, 0.29) is 30.1 Å². The first-order valence-electron chi connectivity index (χ1n) is 11.9. The highest BCUT2D eigenvalue weighted by atomic mass is 35.5. The fourth-order valence-corrected chi connectivity index (χ4v) is 5.42. The van der Waals surface area contributed by atoms with Crippen LogP contribution in [0.4, 0.5) is 0 Å². The number of carbonyl (C=O) groups is 2. The number of hydrogen-bond acceptors (Lipinski definition) is 6. The minimum absolute atomic E-state index is 0.0313. The number of aromatic nitrogens is 1. The standard InChI is InChI=1S/C25H29ClN6O2/c26-20-9-3-1-7-18(20)16-31-24(34)19-8-2-4-10-21(19)32-22(29-30-25(31)32)11-12-23(33)28-15-17-6-5-13-27-14-17/h1,3,5-7,9,13-14,19,21,25,30H,2,4,8,10-12,15-16H2,(H,28,33). The predicted octanol–water partition coefficient (Wildman–Crippen LogP) is 3.23. The summed E-state index contributed by atoms with van der Waals surface area (Å²) in [6.45, 7) is 0.874. The van der Waals surface area contributed by atoms with Gasteiger partial charge in [-0.3, -0.25) is 24.9 Å². The minimum atomic E-state index is -0.350. The molecular formula is C25H29ClN6O2. The van der Waals surface area contributed by atoms with Crippen molar-refractivity contribution in [2.75, 3.05) is 0 Å². The number of fused-ring (bicyclic) bond motifs is 3. The molecule has 0 bridgehead atoms. The summed E-state index contributed by atoms with van der Waals surface area (Å²) >= 11 is 6.41. The first-order chi connectivity index (χ1) is 16.6. The third-order valence-electron chi connectivity index (χ3n) is 6.94. The molecule has 0 radical (unpaired) electrons. The quantitative estimate of drug-likeness (QED) is 0.635. The van der Waals surface area contributed by atoms with Crippen LogP contribution in [0.25, 0.3) is 0 Å². The molecule has 2 fully saturated rings. The van der Waals surface area contributed by atoms with Crippen molar-refractivity contribution in [3.63, 3.8) is 0 Å². The lowest BCUT2D eigenvalue weighted by Gasteiger charge is -2.50. The Morgan fingerprint density at radius 2 is 2.03 bits per heavy atom. The number of benzene rings is 1. The molecular weight excluding hydrogens is 452 g/mol. The summed E-state index contributed by atoms with van der Waals surface area (Å²) in [5.41, 5.74) is 5.06. The second-order valence-corrected chi connectivity index (χ2v) is 9.50. The topological polar surface area (TPSA) is 89.9 Å². The van der Waals surface area contributed by atoms with Crippen LogP contribution in [-0.2, 0) is 22.7 Å². The highest BCUT2D eigenvalue weighted by molar-refractivity contribution is 6.31. The summed E-state index contributed by atoms with van der Waals surface area (Å²) in [5.74, 6) is 0.910. The molecule has 3 heterocycles. The normalized spacial score (nSPS) is 23.6. The molecule has 3 atom stereocenters. The zero-order valence-electron chi connectivity index (χ0n) is 19.0. The molecule has 3 unspecified atom stereocenters. The number of hydrogen-bond donors (Lipinski definition) is 2. The number of amides is 2. The fourth-order valence-electron chi connectivity index (χ4n) is 5.23. The van der Waals surface area contributed by atoms with E-state index in [9.17, 15) is 9.59 Å². The maximum Gasteiger partial charge on any atom is 0.231 e. The van der Waals surface area contributed by atoms with E-state index >= 15 is 0 Å². The molecule has 8 nitrogen and oxygen atoms in total. The number of rotatable bonds is 7. The number of halogens is 1. The highest BCUT2D eigenvalue weighted by Gasteiger charge is 2.50. The van der Waals surface area contributed by atoms with Gasteiger partial charge in [-0.25, -0.2) is 0 Å². The lowest BCUT2D eigenvalue weighted by Crippen LogP contribution is -2.67. The maximum atomic E-state index is 13.5. The average molecular weight is 481 g/mol. The Bertz CT molecular complexity index is 1080. The number of nitrogens with zero attached hydrogens (tertiary/aromatic N) is 4. The molecule has 1 aromatic heterocycles. The van der Waals surface area contributed by atoms with Crippen molar-refractivity contribution in [3.05, 3.63) is 64.9 Å². The van der Waals surface area contributed by atoms with Crippen molar-refractivity contribution in [2.24, 2.45) is 11.0 Å². The van der Waals surface area contributed by atoms with E-state index in [1.165, 1.54) is 0 Å². The van der Waals surface area contributed by atoms with Crippen LogP contribution >= 0.6 is 11.6 Å². The third kappa shape index (κ3) is 4.59. The van der Waals surface area contributed by atoms with Crippen molar-refractivity contribution >= 4 is 29.3 Å². The smallest absolute Gasteiger partial charge is 0.231 e. The molecule has 178 valence electrons. The summed E-state index contributed by atoms with van der Waals surface area (Å²) < 4.78 is 0.